The molecule has 2 rings (SSSR count). The Morgan fingerprint density at radius 2 is 2.00 bits per heavy atom. The van der Waals surface area contributed by atoms with Crippen LogP contribution < -0.4 is 10.6 Å². The second-order valence-corrected chi connectivity index (χ2v) is 8.30. The molecule has 0 saturated heterocycles. The number of thioether (sulfide) groups is 2. The molecule has 0 aliphatic heterocycles. The zero-order valence-electron chi connectivity index (χ0n) is 15.5. The fraction of sp³-hybridized carbons (Fsp3) is 0.412. The van der Waals surface area contributed by atoms with Crippen molar-refractivity contribution in [2.45, 2.75) is 18.4 Å². The van der Waals surface area contributed by atoms with E-state index in [1.165, 1.54) is 0 Å². The summed E-state index contributed by atoms with van der Waals surface area (Å²) in [6.45, 7) is 3.19. The van der Waals surface area contributed by atoms with Gasteiger partial charge in [-0.3, -0.25) is 15.1 Å². The summed E-state index contributed by atoms with van der Waals surface area (Å²) in [5.74, 6) is 3.55. The smallest absolute Gasteiger partial charge is 0.274 e. The van der Waals surface area contributed by atoms with Gasteiger partial charge in [-0.2, -0.15) is 23.5 Å². The van der Waals surface area contributed by atoms with Crippen LogP contribution in [0, 0.1) is 17.0 Å². The van der Waals surface area contributed by atoms with Crippen molar-refractivity contribution in [1.29, 1.82) is 0 Å². The number of nitro groups is 1. The fourth-order valence-corrected chi connectivity index (χ4v) is 4.15. The Bertz CT molecular complexity index is 787. The highest BCUT2D eigenvalue weighted by Crippen LogP contribution is 2.18. The fourth-order valence-electron chi connectivity index (χ4n) is 2.18. The molecule has 2 aromatic rings. The molecule has 0 atom stereocenters. The molecule has 8 nitrogen and oxygen atoms in total. The summed E-state index contributed by atoms with van der Waals surface area (Å²) in [6, 6.07) is 3.61. The molecule has 0 aromatic carbocycles. The first-order valence-corrected chi connectivity index (χ1v) is 11.3. The second kappa shape index (κ2) is 12.5. The quantitative estimate of drug-likeness (QED) is 0.246. The van der Waals surface area contributed by atoms with Gasteiger partial charge >= 0.3 is 0 Å². The van der Waals surface area contributed by atoms with Crippen molar-refractivity contribution in [3.8, 4) is 0 Å². The van der Waals surface area contributed by atoms with Gasteiger partial charge in [-0.1, -0.05) is 11.6 Å². The minimum atomic E-state index is -0.461. The molecule has 0 amide bonds. The summed E-state index contributed by atoms with van der Waals surface area (Å²) in [5, 5.41) is 17.6. The number of aryl methyl sites for hydroxylation is 1. The van der Waals surface area contributed by atoms with Crippen LogP contribution in [-0.2, 0) is 11.5 Å². The van der Waals surface area contributed by atoms with Gasteiger partial charge in [0.1, 0.15) is 0 Å². The van der Waals surface area contributed by atoms with Gasteiger partial charge in [0.2, 0.25) is 0 Å². The Kier molecular flexibility index (Phi) is 10.0. The standard InChI is InChI=1S/C17H23ClN6O2S2/c1-13-15(23-12-22-13)10-27-7-5-20-17(9-24(25)26)21-6-8-28-11-16-14(18)3-2-4-19-16/h2-4,9,12,20-21H,5-8,10-11H2,1H3,(H,22,23)/b17-9+. The topological polar surface area (TPSA) is 109 Å². The van der Waals surface area contributed by atoms with Crippen molar-refractivity contribution in [1.82, 2.24) is 25.6 Å². The minimum absolute atomic E-state index is 0.416. The van der Waals surface area contributed by atoms with Crippen LogP contribution in [0.5, 0.6) is 0 Å². The normalized spacial score (nSPS) is 11.4. The van der Waals surface area contributed by atoms with Crippen molar-refractivity contribution < 1.29 is 4.92 Å². The first-order chi connectivity index (χ1) is 13.6. The summed E-state index contributed by atoms with van der Waals surface area (Å²) in [4.78, 5) is 21.8. The number of pyridine rings is 1. The van der Waals surface area contributed by atoms with Crippen molar-refractivity contribution >= 4 is 35.1 Å². The van der Waals surface area contributed by atoms with E-state index in [2.05, 4.69) is 25.6 Å². The van der Waals surface area contributed by atoms with Gasteiger partial charge in [0.05, 0.1) is 27.7 Å². The van der Waals surface area contributed by atoms with Crippen LogP contribution in [0.15, 0.2) is 36.7 Å². The zero-order chi connectivity index (χ0) is 20.2. The Balaban J connectivity index is 1.63. The Morgan fingerprint density at radius 3 is 2.61 bits per heavy atom. The zero-order valence-corrected chi connectivity index (χ0v) is 17.9. The number of aromatic nitrogens is 3. The number of halogens is 1. The molecule has 0 spiro atoms. The number of nitrogens with one attached hydrogen (secondary N) is 3. The van der Waals surface area contributed by atoms with Crippen molar-refractivity contribution in [2.24, 2.45) is 0 Å². The summed E-state index contributed by atoms with van der Waals surface area (Å²) in [6.07, 6.45) is 4.36. The molecule has 0 bridgehead atoms. The van der Waals surface area contributed by atoms with Crippen LogP contribution in [0.25, 0.3) is 0 Å². The molecule has 0 unspecified atom stereocenters. The Labute approximate surface area is 177 Å². The van der Waals surface area contributed by atoms with E-state index in [4.69, 9.17) is 11.6 Å². The van der Waals surface area contributed by atoms with E-state index in [9.17, 15) is 10.1 Å². The maximum Gasteiger partial charge on any atom is 0.274 e. The van der Waals surface area contributed by atoms with E-state index in [-0.39, 0.29) is 0 Å². The maximum atomic E-state index is 10.8. The van der Waals surface area contributed by atoms with Gasteiger partial charge in [0.25, 0.3) is 6.20 Å². The molecular weight excluding hydrogens is 420 g/mol. The lowest BCUT2D eigenvalue weighted by atomic mass is 10.4. The average Bonchev–Trinajstić information content (AvgIpc) is 3.06. The highest BCUT2D eigenvalue weighted by molar-refractivity contribution is 7.98. The molecule has 0 radical (unpaired) electrons. The van der Waals surface area contributed by atoms with Crippen LogP contribution in [-0.4, -0.2) is 44.5 Å². The first kappa shape index (κ1) is 22.4. The molecule has 152 valence electrons. The molecule has 0 fully saturated rings. The van der Waals surface area contributed by atoms with Crippen molar-refractivity contribution in [2.75, 3.05) is 24.6 Å². The van der Waals surface area contributed by atoms with E-state index in [1.54, 1.807) is 42.1 Å². The minimum Gasteiger partial charge on any atom is -0.366 e. The largest absolute Gasteiger partial charge is 0.366 e. The van der Waals surface area contributed by atoms with Crippen LogP contribution in [0.4, 0.5) is 0 Å². The van der Waals surface area contributed by atoms with Crippen LogP contribution in [0.2, 0.25) is 5.02 Å². The van der Waals surface area contributed by atoms with Gasteiger partial charge in [0, 0.05) is 48.0 Å². The van der Waals surface area contributed by atoms with E-state index in [0.717, 1.165) is 40.5 Å². The van der Waals surface area contributed by atoms with E-state index < -0.39 is 4.92 Å². The third-order valence-corrected chi connectivity index (χ3v) is 5.91. The second-order valence-electron chi connectivity index (χ2n) is 5.69. The van der Waals surface area contributed by atoms with Crippen molar-refractivity contribution in [3.63, 3.8) is 0 Å². The third-order valence-electron chi connectivity index (χ3n) is 3.61. The number of hydrogen-bond acceptors (Lipinski definition) is 8. The van der Waals surface area contributed by atoms with E-state index in [1.807, 2.05) is 13.0 Å². The van der Waals surface area contributed by atoms with E-state index in [0.29, 0.717) is 29.7 Å². The number of aromatic amines is 1. The number of rotatable bonds is 13. The van der Waals surface area contributed by atoms with Crippen LogP contribution in [0.3, 0.4) is 0 Å². The maximum absolute atomic E-state index is 10.8. The highest BCUT2D eigenvalue weighted by atomic mass is 35.5. The number of imidazole rings is 1. The first-order valence-electron chi connectivity index (χ1n) is 8.63. The monoisotopic (exact) mass is 442 g/mol. The number of nitrogens with zero attached hydrogens (tertiary/aromatic N) is 3. The predicted octanol–water partition coefficient (Wildman–Crippen LogP) is 3.19. The highest BCUT2D eigenvalue weighted by Gasteiger charge is 2.05. The Hall–Kier alpha value is -1.91. The lowest BCUT2D eigenvalue weighted by Gasteiger charge is -2.11. The third kappa shape index (κ3) is 8.41. The van der Waals surface area contributed by atoms with Crippen molar-refractivity contribution in [3.05, 3.63) is 68.9 Å². The molecular formula is C17H23ClN6O2S2. The average molecular weight is 443 g/mol. The SMILES string of the molecule is Cc1nc[nH]c1CSCCN/C(=C\[N+](=O)[O-])NCCSCc1ncccc1Cl. The van der Waals surface area contributed by atoms with Crippen LogP contribution >= 0.6 is 35.1 Å². The van der Waals surface area contributed by atoms with Gasteiger partial charge in [0.15, 0.2) is 5.82 Å². The summed E-state index contributed by atoms with van der Waals surface area (Å²) >= 11 is 9.48. The van der Waals surface area contributed by atoms with Gasteiger partial charge in [-0.25, -0.2) is 4.98 Å². The van der Waals surface area contributed by atoms with Gasteiger partial charge < -0.3 is 15.6 Å². The molecule has 2 heterocycles. The molecule has 0 saturated carbocycles. The summed E-state index contributed by atoms with van der Waals surface area (Å²) < 4.78 is 0. The van der Waals surface area contributed by atoms with Gasteiger partial charge in [-0.05, 0) is 19.1 Å². The molecule has 11 heteroatoms. The summed E-state index contributed by atoms with van der Waals surface area (Å²) in [5.41, 5.74) is 2.95. The molecule has 0 aliphatic carbocycles. The van der Waals surface area contributed by atoms with E-state index >= 15 is 0 Å². The molecule has 2 aromatic heterocycles. The van der Waals surface area contributed by atoms with Crippen LogP contribution in [0.1, 0.15) is 17.1 Å². The lowest BCUT2D eigenvalue weighted by molar-refractivity contribution is -0.404. The predicted molar refractivity (Wildman–Crippen MR) is 116 cm³/mol. The molecule has 0 aliphatic rings. The number of H-pyrrole nitrogens is 1. The van der Waals surface area contributed by atoms with Gasteiger partial charge in [-0.15, -0.1) is 0 Å². The molecule has 28 heavy (non-hydrogen) atoms. The Morgan fingerprint density at radius 1 is 1.29 bits per heavy atom. The summed E-state index contributed by atoms with van der Waals surface area (Å²) in [7, 11) is 0. The molecule has 3 N–H and O–H groups in total. The number of hydrogen-bond donors (Lipinski definition) is 3. The lowest BCUT2D eigenvalue weighted by Crippen LogP contribution is -2.30.